The first-order chi connectivity index (χ1) is 9.88. The Labute approximate surface area is 131 Å². The van der Waals surface area contributed by atoms with Crippen molar-refractivity contribution in [2.24, 2.45) is 0 Å². The standard InChI is InChI=1S/C15H27N3O2S/c1-6-8-12-13(7-2)21-14(16-12)17-15(20)18(10(3)4)9-11(5)19/h10-11,19H,6-9H2,1-5H3,(H,16,17,20). The number of urea groups is 1. The highest BCUT2D eigenvalue weighted by Gasteiger charge is 2.20. The number of nitrogens with one attached hydrogen (secondary N) is 1. The third-order valence-corrected chi connectivity index (χ3v) is 4.30. The Balaban J connectivity index is 2.81. The quantitative estimate of drug-likeness (QED) is 0.812. The van der Waals surface area contributed by atoms with Crippen molar-refractivity contribution in [3.8, 4) is 0 Å². The monoisotopic (exact) mass is 313 g/mol. The molecule has 0 aliphatic heterocycles. The van der Waals surface area contributed by atoms with Crippen molar-refractivity contribution >= 4 is 22.5 Å². The van der Waals surface area contributed by atoms with Gasteiger partial charge < -0.3 is 10.0 Å². The van der Waals surface area contributed by atoms with Gasteiger partial charge in [0.2, 0.25) is 0 Å². The van der Waals surface area contributed by atoms with E-state index in [1.807, 2.05) is 13.8 Å². The summed E-state index contributed by atoms with van der Waals surface area (Å²) in [6.07, 6.45) is 2.38. The van der Waals surface area contributed by atoms with Crippen molar-refractivity contribution in [2.75, 3.05) is 11.9 Å². The fraction of sp³-hybridized carbons (Fsp3) is 0.733. The molecule has 1 aromatic heterocycles. The van der Waals surface area contributed by atoms with Gasteiger partial charge in [0.15, 0.2) is 5.13 Å². The number of carbonyl (C=O) groups is 1. The van der Waals surface area contributed by atoms with Gasteiger partial charge in [-0.1, -0.05) is 20.3 Å². The first-order valence-electron chi connectivity index (χ1n) is 7.63. The highest BCUT2D eigenvalue weighted by atomic mass is 32.1. The van der Waals surface area contributed by atoms with Crippen LogP contribution >= 0.6 is 11.3 Å². The van der Waals surface area contributed by atoms with Gasteiger partial charge in [0.1, 0.15) is 0 Å². The number of hydrogen-bond donors (Lipinski definition) is 2. The van der Waals surface area contributed by atoms with Crippen LogP contribution in [0.15, 0.2) is 0 Å². The average molecular weight is 313 g/mol. The second kappa shape index (κ2) is 8.34. The van der Waals surface area contributed by atoms with Crippen LogP contribution in [0.4, 0.5) is 9.93 Å². The summed E-state index contributed by atoms with van der Waals surface area (Å²) in [4.78, 5) is 19.7. The van der Waals surface area contributed by atoms with Gasteiger partial charge in [0.25, 0.3) is 0 Å². The molecule has 1 atom stereocenters. The number of anilines is 1. The summed E-state index contributed by atoms with van der Waals surface area (Å²) in [6, 6.07) is -0.175. The number of hydrogen-bond acceptors (Lipinski definition) is 4. The highest BCUT2D eigenvalue weighted by Crippen LogP contribution is 2.25. The molecule has 5 nitrogen and oxygen atoms in total. The van der Waals surface area contributed by atoms with Gasteiger partial charge in [-0.25, -0.2) is 9.78 Å². The zero-order valence-corrected chi connectivity index (χ0v) is 14.5. The molecule has 0 bridgehead atoms. The molecule has 2 N–H and O–H groups in total. The minimum absolute atomic E-state index is 0.0281. The summed E-state index contributed by atoms with van der Waals surface area (Å²) in [5, 5.41) is 13.0. The van der Waals surface area contributed by atoms with Gasteiger partial charge in [-0.3, -0.25) is 5.32 Å². The fourth-order valence-electron chi connectivity index (χ4n) is 2.12. The zero-order chi connectivity index (χ0) is 16.0. The molecule has 0 saturated carbocycles. The van der Waals surface area contributed by atoms with E-state index in [1.165, 1.54) is 4.88 Å². The molecule has 1 rings (SSSR count). The Morgan fingerprint density at radius 1 is 1.38 bits per heavy atom. The summed E-state index contributed by atoms with van der Waals surface area (Å²) in [5.74, 6) is 0. The minimum Gasteiger partial charge on any atom is -0.392 e. The lowest BCUT2D eigenvalue weighted by Gasteiger charge is -2.27. The maximum atomic E-state index is 12.3. The zero-order valence-electron chi connectivity index (χ0n) is 13.6. The van der Waals surface area contributed by atoms with Crippen molar-refractivity contribution in [1.82, 2.24) is 9.88 Å². The van der Waals surface area contributed by atoms with Crippen molar-refractivity contribution in [1.29, 1.82) is 0 Å². The van der Waals surface area contributed by atoms with Crippen LogP contribution in [0, 0.1) is 0 Å². The number of aliphatic hydroxyl groups is 1. The molecule has 1 unspecified atom stereocenters. The van der Waals surface area contributed by atoms with E-state index < -0.39 is 6.10 Å². The Kier molecular flexibility index (Phi) is 7.11. The summed E-state index contributed by atoms with van der Waals surface area (Å²) in [6.45, 7) is 10.1. The number of aryl methyl sites for hydroxylation is 2. The molecule has 0 aliphatic carbocycles. The number of aromatic nitrogens is 1. The van der Waals surface area contributed by atoms with Crippen LogP contribution < -0.4 is 5.32 Å². The Hall–Kier alpha value is -1.14. The molecule has 120 valence electrons. The first-order valence-corrected chi connectivity index (χ1v) is 8.44. The molecule has 0 saturated heterocycles. The number of nitrogens with zero attached hydrogens (tertiary/aromatic N) is 2. The van der Waals surface area contributed by atoms with E-state index >= 15 is 0 Å². The van der Waals surface area contributed by atoms with Crippen LogP contribution in [0.1, 0.15) is 51.6 Å². The highest BCUT2D eigenvalue weighted by molar-refractivity contribution is 7.15. The van der Waals surface area contributed by atoms with Crippen LogP contribution in [-0.2, 0) is 12.8 Å². The van der Waals surface area contributed by atoms with Gasteiger partial charge in [0.05, 0.1) is 11.8 Å². The van der Waals surface area contributed by atoms with Crippen molar-refractivity contribution in [2.45, 2.75) is 66.0 Å². The molecule has 2 amide bonds. The van der Waals surface area contributed by atoms with Crippen molar-refractivity contribution in [3.63, 3.8) is 0 Å². The molecule has 21 heavy (non-hydrogen) atoms. The van der Waals surface area contributed by atoms with Crippen LogP contribution in [0.3, 0.4) is 0 Å². The molecule has 0 radical (unpaired) electrons. The maximum absolute atomic E-state index is 12.3. The van der Waals surface area contributed by atoms with E-state index in [2.05, 4.69) is 24.1 Å². The van der Waals surface area contributed by atoms with Crippen LogP contribution in [0.2, 0.25) is 0 Å². The van der Waals surface area contributed by atoms with Crippen LogP contribution in [0.25, 0.3) is 0 Å². The lowest BCUT2D eigenvalue weighted by atomic mass is 10.2. The fourth-order valence-corrected chi connectivity index (χ4v) is 3.06. The summed E-state index contributed by atoms with van der Waals surface area (Å²) in [7, 11) is 0. The topological polar surface area (TPSA) is 65.5 Å². The predicted molar refractivity (Wildman–Crippen MR) is 88.0 cm³/mol. The Morgan fingerprint density at radius 3 is 2.52 bits per heavy atom. The number of aliphatic hydroxyl groups excluding tert-OH is 1. The summed E-state index contributed by atoms with van der Waals surface area (Å²) >= 11 is 1.54. The lowest BCUT2D eigenvalue weighted by Crippen LogP contribution is -2.43. The van der Waals surface area contributed by atoms with Crippen LogP contribution in [-0.4, -0.2) is 39.7 Å². The maximum Gasteiger partial charge on any atom is 0.323 e. The largest absolute Gasteiger partial charge is 0.392 e. The Bertz CT molecular complexity index is 458. The number of rotatable bonds is 7. The van der Waals surface area contributed by atoms with Gasteiger partial charge >= 0.3 is 6.03 Å². The second-order valence-corrected chi connectivity index (χ2v) is 6.60. The first kappa shape index (κ1) is 17.9. The van der Waals surface area contributed by atoms with Crippen LogP contribution in [0.5, 0.6) is 0 Å². The van der Waals surface area contributed by atoms with E-state index in [0.717, 1.165) is 25.0 Å². The SMILES string of the molecule is CCCc1nc(NC(=O)N(CC(C)O)C(C)C)sc1CC. The molecule has 6 heteroatoms. The third-order valence-electron chi connectivity index (χ3n) is 3.15. The van der Waals surface area contributed by atoms with E-state index in [4.69, 9.17) is 0 Å². The number of thiazole rings is 1. The predicted octanol–water partition coefficient (Wildman–Crippen LogP) is 3.28. The molecular formula is C15H27N3O2S. The summed E-state index contributed by atoms with van der Waals surface area (Å²) < 4.78 is 0. The van der Waals surface area contributed by atoms with E-state index in [1.54, 1.807) is 23.2 Å². The van der Waals surface area contributed by atoms with Crippen molar-refractivity contribution < 1.29 is 9.90 Å². The van der Waals surface area contributed by atoms with Gasteiger partial charge in [0, 0.05) is 17.5 Å². The normalized spacial score (nSPS) is 12.5. The molecule has 1 aromatic rings. The molecule has 0 spiro atoms. The molecule has 0 aromatic carbocycles. The van der Waals surface area contributed by atoms with E-state index in [9.17, 15) is 9.90 Å². The Morgan fingerprint density at radius 2 is 2.05 bits per heavy atom. The second-order valence-electron chi connectivity index (χ2n) is 5.52. The van der Waals surface area contributed by atoms with E-state index in [-0.39, 0.29) is 12.1 Å². The molecular weight excluding hydrogens is 286 g/mol. The lowest BCUT2D eigenvalue weighted by molar-refractivity contribution is 0.125. The molecule has 0 aliphatic rings. The number of carbonyl (C=O) groups excluding carboxylic acids is 1. The van der Waals surface area contributed by atoms with E-state index in [0.29, 0.717) is 11.7 Å². The molecule has 1 heterocycles. The van der Waals surface area contributed by atoms with Crippen molar-refractivity contribution in [3.05, 3.63) is 10.6 Å². The smallest absolute Gasteiger partial charge is 0.323 e. The summed E-state index contributed by atoms with van der Waals surface area (Å²) in [5.41, 5.74) is 1.09. The van der Waals surface area contributed by atoms with Gasteiger partial charge in [-0.05, 0) is 33.6 Å². The number of amides is 2. The average Bonchev–Trinajstić information content (AvgIpc) is 2.77. The minimum atomic E-state index is -0.545. The van der Waals surface area contributed by atoms with Gasteiger partial charge in [-0.2, -0.15) is 0 Å². The van der Waals surface area contributed by atoms with Gasteiger partial charge in [-0.15, -0.1) is 11.3 Å². The molecule has 0 fully saturated rings. The third kappa shape index (κ3) is 5.28.